The summed E-state index contributed by atoms with van der Waals surface area (Å²) in [5.74, 6) is -0.397. The molecule has 2 N–H and O–H groups in total. The molecule has 2 aromatic carbocycles. The van der Waals surface area contributed by atoms with Gasteiger partial charge in [0.2, 0.25) is 0 Å². The second-order valence-electron chi connectivity index (χ2n) is 10.6. The molecule has 10 nitrogen and oxygen atoms in total. The van der Waals surface area contributed by atoms with Crippen LogP contribution >= 0.6 is 0 Å². The molecule has 1 fully saturated rings. The number of ether oxygens (including phenoxy) is 1. The number of hydrogen-bond acceptors (Lipinski definition) is 8. The minimum absolute atomic E-state index is 0.440. The molecule has 3 heterocycles. The lowest BCUT2D eigenvalue weighted by Gasteiger charge is -2.39. The maximum atomic E-state index is 12.7. The van der Waals surface area contributed by atoms with Crippen LogP contribution in [0.2, 0.25) is 0 Å². The Morgan fingerprint density at radius 2 is 1.77 bits per heavy atom. The number of pyridine rings is 1. The normalized spacial score (nSPS) is 14.7. The van der Waals surface area contributed by atoms with Crippen LogP contribution in [0.1, 0.15) is 19.5 Å². The van der Waals surface area contributed by atoms with E-state index in [2.05, 4.69) is 43.6 Å². The molecule has 1 aliphatic heterocycles. The molecule has 4 aromatic rings. The Kier molecular flexibility index (Phi) is 8.09. The molecule has 0 saturated carbocycles. The number of piperazine rings is 1. The fourth-order valence-corrected chi connectivity index (χ4v) is 5.00. The fourth-order valence-electron chi connectivity index (χ4n) is 5.00. The van der Waals surface area contributed by atoms with Crippen LogP contribution in [0.4, 0.5) is 5.69 Å². The summed E-state index contributed by atoms with van der Waals surface area (Å²) in [6.07, 6.45) is 2.91. The highest BCUT2D eigenvalue weighted by Gasteiger charge is 2.29. The van der Waals surface area contributed by atoms with E-state index in [0.29, 0.717) is 29.3 Å². The van der Waals surface area contributed by atoms with Crippen LogP contribution in [0.15, 0.2) is 71.6 Å². The van der Waals surface area contributed by atoms with E-state index in [1.54, 1.807) is 24.4 Å². The van der Waals surface area contributed by atoms with Crippen molar-refractivity contribution >= 4 is 28.4 Å². The molecule has 0 aliphatic carbocycles. The average molecular weight is 543 g/mol. The smallest absolute Gasteiger partial charge is 0.313 e. The summed E-state index contributed by atoms with van der Waals surface area (Å²) in [6.45, 7) is 8.86. The molecule has 2 amide bonds. The molecule has 0 unspecified atom stereocenters. The second kappa shape index (κ2) is 11.8. The summed E-state index contributed by atoms with van der Waals surface area (Å²) in [6, 6.07) is 17.4. The highest BCUT2D eigenvalue weighted by molar-refractivity contribution is 6.39. The number of oxazole rings is 1. The van der Waals surface area contributed by atoms with Crippen LogP contribution in [0.5, 0.6) is 5.75 Å². The Balaban J connectivity index is 1.10. The van der Waals surface area contributed by atoms with Crippen molar-refractivity contribution in [2.75, 3.05) is 45.2 Å². The molecule has 10 heteroatoms. The highest BCUT2D eigenvalue weighted by Crippen LogP contribution is 2.32. The zero-order valence-corrected chi connectivity index (χ0v) is 23.0. The van der Waals surface area contributed by atoms with Crippen molar-refractivity contribution in [2.45, 2.75) is 25.9 Å². The van der Waals surface area contributed by atoms with Crippen LogP contribution in [0, 0.1) is 0 Å². The van der Waals surface area contributed by atoms with Crippen molar-refractivity contribution in [1.29, 1.82) is 0 Å². The largest absolute Gasteiger partial charge is 0.496 e. The van der Waals surface area contributed by atoms with Crippen LogP contribution in [-0.2, 0) is 16.1 Å². The molecule has 40 heavy (non-hydrogen) atoms. The Hall–Kier alpha value is -4.28. The summed E-state index contributed by atoms with van der Waals surface area (Å²) in [5.41, 5.74) is 2.62. The number of rotatable bonds is 8. The molecule has 1 saturated heterocycles. The number of carbonyl (C=O) groups is 2. The quantitative estimate of drug-likeness (QED) is 0.325. The molecule has 0 bridgehead atoms. The first-order valence-electron chi connectivity index (χ1n) is 13.3. The Morgan fingerprint density at radius 1 is 1.00 bits per heavy atom. The third-order valence-corrected chi connectivity index (χ3v) is 6.94. The van der Waals surface area contributed by atoms with Gasteiger partial charge < -0.3 is 19.8 Å². The molecule has 0 radical (unpaired) electrons. The molecule has 208 valence electrons. The van der Waals surface area contributed by atoms with E-state index in [4.69, 9.17) is 14.1 Å². The second-order valence-corrected chi connectivity index (χ2v) is 10.6. The van der Waals surface area contributed by atoms with Crippen LogP contribution in [0.3, 0.4) is 0 Å². The van der Waals surface area contributed by atoms with Crippen LogP contribution in [-0.4, -0.2) is 77.0 Å². The van der Waals surface area contributed by atoms with E-state index < -0.39 is 17.4 Å². The summed E-state index contributed by atoms with van der Waals surface area (Å²) in [4.78, 5) is 38.9. The number of anilines is 1. The van der Waals surface area contributed by atoms with Crippen molar-refractivity contribution in [3.05, 3.63) is 72.9 Å². The Labute approximate surface area is 233 Å². The van der Waals surface area contributed by atoms with E-state index in [1.807, 2.05) is 32.0 Å². The number of fused-ring (bicyclic) bond motifs is 1. The third-order valence-electron chi connectivity index (χ3n) is 6.94. The van der Waals surface area contributed by atoms with E-state index in [1.165, 1.54) is 13.5 Å². The van der Waals surface area contributed by atoms with Crippen molar-refractivity contribution in [3.8, 4) is 17.1 Å². The topological polar surface area (TPSA) is 113 Å². The summed E-state index contributed by atoms with van der Waals surface area (Å²) >= 11 is 0. The highest BCUT2D eigenvalue weighted by atomic mass is 16.5. The third kappa shape index (κ3) is 6.64. The number of hydrogen-bond donors (Lipinski definition) is 2. The first-order chi connectivity index (χ1) is 19.3. The lowest BCUT2D eigenvalue weighted by atomic mass is 10.0. The molecular weight excluding hydrogens is 508 g/mol. The van der Waals surface area contributed by atoms with Crippen molar-refractivity contribution in [3.63, 3.8) is 0 Å². The van der Waals surface area contributed by atoms with Gasteiger partial charge in [-0.05, 0) is 38.1 Å². The van der Waals surface area contributed by atoms with Gasteiger partial charge in [-0.1, -0.05) is 24.3 Å². The van der Waals surface area contributed by atoms with Gasteiger partial charge in [-0.25, -0.2) is 4.98 Å². The molecular formula is C30H34N6O4. The van der Waals surface area contributed by atoms with Crippen LogP contribution in [0.25, 0.3) is 22.2 Å². The molecule has 0 spiro atoms. The van der Waals surface area contributed by atoms with Gasteiger partial charge >= 0.3 is 11.8 Å². The number of carbonyl (C=O) groups excluding carboxylic acids is 2. The van der Waals surface area contributed by atoms with Gasteiger partial charge in [-0.15, -0.1) is 0 Å². The predicted molar refractivity (Wildman–Crippen MR) is 153 cm³/mol. The summed E-state index contributed by atoms with van der Waals surface area (Å²) in [7, 11) is 1.52. The number of nitrogens with one attached hydrogen (secondary N) is 2. The van der Waals surface area contributed by atoms with Crippen molar-refractivity contribution in [1.82, 2.24) is 25.1 Å². The van der Waals surface area contributed by atoms with Crippen LogP contribution < -0.4 is 15.4 Å². The van der Waals surface area contributed by atoms with Gasteiger partial charge in [0.05, 0.1) is 30.1 Å². The monoisotopic (exact) mass is 542 g/mol. The van der Waals surface area contributed by atoms with E-state index >= 15 is 0 Å². The molecule has 2 aromatic heterocycles. The zero-order chi connectivity index (χ0) is 28.1. The van der Waals surface area contributed by atoms with Crippen molar-refractivity contribution < 1.29 is 18.7 Å². The molecule has 0 atom stereocenters. The lowest BCUT2D eigenvalue weighted by Crippen LogP contribution is -2.57. The average Bonchev–Trinajstić information content (AvgIpc) is 3.48. The van der Waals surface area contributed by atoms with Gasteiger partial charge in [0, 0.05) is 61.9 Å². The minimum Gasteiger partial charge on any atom is -0.496 e. The first-order valence-corrected chi connectivity index (χ1v) is 13.3. The minimum atomic E-state index is -0.741. The van der Waals surface area contributed by atoms with Gasteiger partial charge in [0.1, 0.15) is 5.75 Å². The number of aromatic nitrogens is 2. The first kappa shape index (κ1) is 27.3. The van der Waals surface area contributed by atoms with E-state index in [-0.39, 0.29) is 0 Å². The number of benzene rings is 2. The van der Waals surface area contributed by atoms with Gasteiger partial charge in [0.15, 0.2) is 12.2 Å². The predicted octanol–water partition coefficient (Wildman–Crippen LogP) is 3.55. The standard InChI is InChI=1S/C30H34N6O4/c1-30(2,19-36-14-12-35(13-15-36)18-23-9-8-21-6-4-5-7-25(21)32-23)34-29(38)28(37)33-22-10-11-24(26(16-22)39-3)27-17-31-20-40-27/h4-11,16-17,20H,12-15,18-19H2,1-3H3,(H,33,37)(H,34,38). The summed E-state index contributed by atoms with van der Waals surface area (Å²) in [5, 5.41) is 6.68. The number of para-hydroxylation sites is 1. The lowest BCUT2D eigenvalue weighted by molar-refractivity contribution is -0.137. The van der Waals surface area contributed by atoms with Gasteiger partial charge in [-0.2, -0.15) is 0 Å². The Bertz CT molecular complexity index is 1480. The SMILES string of the molecule is COc1cc(NC(=O)C(=O)NC(C)(C)CN2CCN(Cc3ccc4ccccc4n3)CC2)ccc1-c1cnco1. The maximum absolute atomic E-state index is 12.7. The van der Waals surface area contributed by atoms with Gasteiger partial charge in [-0.3, -0.25) is 24.4 Å². The number of methoxy groups -OCH3 is 1. The number of nitrogens with zero attached hydrogens (tertiary/aromatic N) is 4. The summed E-state index contributed by atoms with van der Waals surface area (Å²) < 4.78 is 10.8. The van der Waals surface area contributed by atoms with E-state index in [0.717, 1.165) is 49.3 Å². The fraction of sp³-hybridized carbons (Fsp3) is 0.333. The molecule has 1 aliphatic rings. The molecule has 5 rings (SSSR count). The number of amides is 2. The Morgan fingerprint density at radius 3 is 2.52 bits per heavy atom. The van der Waals surface area contributed by atoms with E-state index in [9.17, 15) is 9.59 Å². The maximum Gasteiger partial charge on any atom is 0.313 e. The van der Waals surface area contributed by atoms with Gasteiger partial charge in [0.25, 0.3) is 0 Å². The van der Waals surface area contributed by atoms with Crippen molar-refractivity contribution in [2.24, 2.45) is 0 Å². The zero-order valence-electron chi connectivity index (χ0n) is 23.0.